The van der Waals surface area contributed by atoms with Crippen molar-refractivity contribution in [3.8, 4) is 0 Å². The summed E-state index contributed by atoms with van der Waals surface area (Å²) in [6.45, 7) is 6.70. The Hall–Kier alpha value is -0.970. The highest BCUT2D eigenvalue weighted by Crippen LogP contribution is 2.31. The number of carbonyl (C=O) groups is 1. The van der Waals surface area contributed by atoms with E-state index in [-0.39, 0.29) is 18.1 Å². The lowest BCUT2D eigenvalue weighted by Crippen LogP contribution is -2.49. The van der Waals surface area contributed by atoms with Crippen molar-refractivity contribution in [2.24, 2.45) is 5.73 Å². The number of rotatable bonds is 1. The number of amides is 1. The van der Waals surface area contributed by atoms with Crippen molar-refractivity contribution in [3.63, 3.8) is 0 Å². The number of carbonyl (C=O) groups excluding carboxylic acids is 1. The van der Waals surface area contributed by atoms with Crippen LogP contribution in [0.3, 0.4) is 0 Å². The van der Waals surface area contributed by atoms with Gasteiger partial charge < -0.3 is 15.4 Å². The highest BCUT2D eigenvalue weighted by atomic mass is 35.5. The van der Waals surface area contributed by atoms with Gasteiger partial charge in [0.05, 0.1) is 10.0 Å². The van der Waals surface area contributed by atoms with E-state index >= 15 is 0 Å². The van der Waals surface area contributed by atoms with Gasteiger partial charge in [-0.3, -0.25) is 0 Å². The van der Waals surface area contributed by atoms with Crippen molar-refractivity contribution >= 4 is 29.3 Å². The molecule has 4 nitrogen and oxygen atoms in total. The average Bonchev–Trinajstić information content (AvgIpc) is 2.40. The maximum Gasteiger partial charge on any atom is 0.410 e. The first-order valence-electron chi connectivity index (χ1n) is 7.36. The van der Waals surface area contributed by atoms with E-state index in [9.17, 15) is 4.79 Å². The molecule has 122 valence electrons. The van der Waals surface area contributed by atoms with Gasteiger partial charge >= 0.3 is 6.09 Å². The maximum atomic E-state index is 12.2. The second kappa shape index (κ2) is 6.65. The number of hydrogen-bond donors (Lipinski definition) is 1. The van der Waals surface area contributed by atoms with E-state index in [0.29, 0.717) is 23.1 Å². The van der Waals surface area contributed by atoms with Crippen LogP contribution in [0.15, 0.2) is 18.2 Å². The maximum absolute atomic E-state index is 12.2. The van der Waals surface area contributed by atoms with E-state index in [2.05, 4.69) is 0 Å². The lowest BCUT2D eigenvalue weighted by Gasteiger charge is -2.37. The zero-order chi connectivity index (χ0) is 16.5. The van der Waals surface area contributed by atoms with Gasteiger partial charge in [-0.05, 0) is 44.9 Å². The van der Waals surface area contributed by atoms with Crippen LogP contribution in [0, 0.1) is 0 Å². The molecule has 0 saturated carbocycles. The molecule has 0 aromatic heterocycles. The van der Waals surface area contributed by atoms with Crippen LogP contribution >= 0.6 is 23.2 Å². The second-order valence-electron chi connectivity index (χ2n) is 6.66. The summed E-state index contributed by atoms with van der Waals surface area (Å²) in [5, 5.41) is 1.01. The van der Waals surface area contributed by atoms with Gasteiger partial charge in [-0.1, -0.05) is 29.3 Å². The smallest absolute Gasteiger partial charge is 0.410 e. The van der Waals surface area contributed by atoms with Gasteiger partial charge in [-0.15, -0.1) is 0 Å². The molecule has 1 aliphatic heterocycles. The number of hydrogen-bond acceptors (Lipinski definition) is 3. The summed E-state index contributed by atoms with van der Waals surface area (Å²) in [5.41, 5.74) is 6.73. The van der Waals surface area contributed by atoms with Crippen LogP contribution in [0.4, 0.5) is 4.79 Å². The van der Waals surface area contributed by atoms with Gasteiger partial charge in [0.1, 0.15) is 5.60 Å². The standard InChI is InChI=1S/C16H22Cl2N2O2/c1-16(2,3)22-15(21)20-7-6-14(19)11(9-20)10-4-5-12(17)13(18)8-10/h4-5,8,11,14H,6-7,9,19H2,1-3H3/t11-,14+/m1/s1. The van der Waals surface area contributed by atoms with E-state index in [4.69, 9.17) is 33.7 Å². The Morgan fingerprint density at radius 3 is 2.59 bits per heavy atom. The van der Waals surface area contributed by atoms with Crippen molar-refractivity contribution in [1.82, 2.24) is 4.90 Å². The minimum Gasteiger partial charge on any atom is -0.444 e. The number of nitrogens with zero attached hydrogens (tertiary/aromatic N) is 1. The number of likely N-dealkylation sites (tertiary alicyclic amines) is 1. The van der Waals surface area contributed by atoms with Crippen LogP contribution in [-0.2, 0) is 4.74 Å². The van der Waals surface area contributed by atoms with Crippen LogP contribution in [0.5, 0.6) is 0 Å². The van der Waals surface area contributed by atoms with E-state index in [1.54, 1.807) is 11.0 Å². The summed E-state index contributed by atoms with van der Waals surface area (Å²) in [7, 11) is 0. The summed E-state index contributed by atoms with van der Waals surface area (Å²) in [5.74, 6) is 0.0241. The van der Waals surface area contributed by atoms with Crippen LogP contribution < -0.4 is 5.73 Å². The van der Waals surface area contributed by atoms with Crippen LogP contribution in [0.1, 0.15) is 38.7 Å². The summed E-state index contributed by atoms with van der Waals surface area (Å²) >= 11 is 12.0. The van der Waals surface area contributed by atoms with E-state index in [1.807, 2.05) is 32.9 Å². The fraction of sp³-hybridized carbons (Fsp3) is 0.562. The first kappa shape index (κ1) is 17.4. The molecule has 1 saturated heterocycles. The molecule has 0 unspecified atom stereocenters. The zero-order valence-corrected chi connectivity index (χ0v) is 14.6. The third-order valence-corrected chi connectivity index (χ3v) is 4.43. The predicted molar refractivity (Wildman–Crippen MR) is 89.6 cm³/mol. The van der Waals surface area contributed by atoms with Crippen LogP contribution in [0.2, 0.25) is 10.0 Å². The summed E-state index contributed by atoms with van der Waals surface area (Å²) in [4.78, 5) is 13.9. The summed E-state index contributed by atoms with van der Waals surface area (Å²) < 4.78 is 5.44. The molecule has 0 spiro atoms. The predicted octanol–water partition coefficient (Wildman–Crippen LogP) is 4.05. The van der Waals surface area contributed by atoms with Gasteiger partial charge in [0.15, 0.2) is 0 Å². The molecule has 1 aromatic rings. The van der Waals surface area contributed by atoms with Crippen LogP contribution in [0.25, 0.3) is 0 Å². The molecule has 1 aromatic carbocycles. The first-order chi connectivity index (χ1) is 10.2. The van der Waals surface area contributed by atoms with Gasteiger partial charge in [0, 0.05) is 25.0 Å². The largest absolute Gasteiger partial charge is 0.444 e. The summed E-state index contributed by atoms with van der Waals surface area (Å²) in [6, 6.07) is 5.49. The van der Waals surface area contributed by atoms with E-state index in [0.717, 1.165) is 12.0 Å². The molecule has 6 heteroatoms. The number of piperidine rings is 1. The average molecular weight is 345 g/mol. The van der Waals surface area contributed by atoms with Crippen molar-refractivity contribution in [2.45, 2.75) is 44.8 Å². The Balaban J connectivity index is 2.14. The molecule has 0 aliphatic carbocycles. The van der Waals surface area contributed by atoms with E-state index < -0.39 is 5.60 Å². The Bertz CT molecular complexity index is 558. The van der Waals surface area contributed by atoms with Gasteiger partial charge in [0.25, 0.3) is 0 Å². The van der Waals surface area contributed by atoms with Crippen molar-refractivity contribution in [3.05, 3.63) is 33.8 Å². The minimum absolute atomic E-state index is 0.0177. The fourth-order valence-corrected chi connectivity index (χ4v) is 2.86. The Morgan fingerprint density at radius 2 is 2.00 bits per heavy atom. The molecule has 0 bridgehead atoms. The molecule has 1 aliphatic rings. The molecule has 1 fully saturated rings. The lowest BCUT2D eigenvalue weighted by molar-refractivity contribution is 0.0186. The highest BCUT2D eigenvalue weighted by molar-refractivity contribution is 6.42. The van der Waals surface area contributed by atoms with Gasteiger partial charge in [-0.2, -0.15) is 0 Å². The summed E-state index contributed by atoms with van der Waals surface area (Å²) in [6.07, 6.45) is 0.425. The fourth-order valence-electron chi connectivity index (χ4n) is 2.56. The highest BCUT2D eigenvalue weighted by Gasteiger charge is 2.32. The molecule has 22 heavy (non-hydrogen) atoms. The topological polar surface area (TPSA) is 55.6 Å². The normalized spacial score (nSPS) is 22.5. The second-order valence-corrected chi connectivity index (χ2v) is 7.47. The third kappa shape index (κ3) is 4.28. The number of nitrogens with two attached hydrogens (primary N) is 1. The molecule has 2 rings (SSSR count). The molecular weight excluding hydrogens is 323 g/mol. The van der Waals surface area contributed by atoms with E-state index in [1.165, 1.54) is 0 Å². The molecule has 1 amide bonds. The lowest BCUT2D eigenvalue weighted by atomic mass is 9.87. The molecule has 0 radical (unpaired) electrons. The molecule has 2 atom stereocenters. The minimum atomic E-state index is -0.504. The third-order valence-electron chi connectivity index (χ3n) is 3.69. The van der Waals surface area contributed by atoms with Crippen molar-refractivity contribution < 1.29 is 9.53 Å². The number of ether oxygens (including phenoxy) is 1. The SMILES string of the molecule is CC(C)(C)OC(=O)N1CC[C@H](N)[C@@H](c2ccc(Cl)c(Cl)c2)C1. The quantitative estimate of drug-likeness (QED) is 0.836. The van der Waals surface area contributed by atoms with Crippen molar-refractivity contribution in [1.29, 1.82) is 0 Å². The Labute approximate surface area is 141 Å². The zero-order valence-electron chi connectivity index (χ0n) is 13.1. The monoisotopic (exact) mass is 344 g/mol. The van der Waals surface area contributed by atoms with Gasteiger partial charge in [0.2, 0.25) is 0 Å². The first-order valence-corrected chi connectivity index (χ1v) is 8.11. The Morgan fingerprint density at radius 1 is 1.32 bits per heavy atom. The van der Waals surface area contributed by atoms with Crippen LogP contribution in [-0.4, -0.2) is 35.7 Å². The number of benzene rings is 1. The van der Waals surface area contributed by atoms with Crippen molar-refractivity contribution in [2.75, 3.05) is 13.1 Å². The Kier molecular flexibility index (Phi) is 5.25. The molecule has 2 N–H and O–H groups in total. The molecular formula is C16H22Cl2N2O2. The van der Waals surface area contributed by atoms with Gasteiger partial charge in [-0.25, -0.2) is 4.79 Å². The number of halogens is 2. The molecule has 1 heterocycles.